The summed E-state index contributed by atoms with van der Waals surface area (Å²) in [6, 6.07) is 0. The molecular weight excluding hydrogens is 230 g/mol. The van der Waals surface area contributed by atoms with Gasteiger partial charge in [0.25, 0.3) is 0 Å². The van der Waals surface area contributed by atoms with Gasteiger partial charge in [0, 0.05) is 32.7 Å². The number of ether oxygens (including phenoxy) is 1. The Morgan fingerprint density at radius 3 is 2.56 bits per heavy atom. The number of carbonyl (C=O) groups is 1. The van der Waals surface area contributed by atoms with E-state index in [-0.39, 0.29) is 5.78 Å². The highest BCUT2D eigenvalue weighted by atomic mass is 16.5. The average molecular weight is 249 g/mol. The number of aromatic nitrogens is 2. The lowest BCUT2D eigenvalue weighted by molar-refractivity contribution is -0.115. The summed E-state index contributed by atoms with van der Waals surface area (Å²) in [5.74, 6) is 1.21. The Balaban J connectivity index is 2.02. The van der Waals surface area contributed by atoms with Crippen LogP contribution in [0.5, 0.6) is 0 Å². The van der Waals surface area contributed by atoms with Crippen LogP contribution in [0.3, 0.4) is 0 Å². The molecule has 18 heavy (non-hydrogen) atoms. The molecule has 0 N–H and O–H groups in total. The monoisotopic (exact) mass is 249 g/mol. The van der Waals surface area contributed by atoms with Crippen molar-refractivity contribution >= 4 is 11.7 Å². The maximum absolute atomic E-state index is 11.0. The van der Waals surface area contributed by atoms with Crippen LogP contribution in [-0.2, 0) is 9.53 Å². The first-order chi connectivity index (χ1) is 8.66. The summed E-state index contributed by atoms with van der Waals surface area (Å²) in [5, 5.41) is 0. The first kappa shape index (κ1) is 13.0. The molecule has 5 nitrogen and oxygen atoms in total. The van der Waals surface area contributed by atoms with Crippen LogP contribution in [0.2, 0.25) is 0 Å². The van der Waals surface area contributed by atoms with E-state index in [1.807, 2.05) is 19.4 Å². The van der Waals surface area contributed by atoms with Crippen LogP contribution in [0.15, 0.2) is 12.4 Å². The molecule has 1 aliphatic heterocycles. The van der Waals surface area contributed by atoms with Crippen LogP contribution >= 0.6 is 0 Å². The van der Waals surface area contributed by atoms with Crippen molar-refractivity contribution in [3.63, 3.8) is 0 Å². The topological polar surface area (TPSA) is 55.3 Å². The molecule has 1 saturated heterocycles. The van der Waals surface area contributed by atoms with E-state index in [9.17, 15) is 4.79 Å². The molecule has 0 aliphatic carbocycles. The second-order valence-corrected chi connectivity index (χ2v) is 4.76. The lowest BCUT2D eigenvalue weighted by Crippen LogP contribution is -2.25. The fraction of sp³-hybridized carbons (Fsp3) is 0.615. The van der Waals surface area contributed by atoms with Crippen LogP contribution in [0.25, 0.3) is 0 Å². The van der Waals surface area contributed by atoms with E-state index in [0.29, 0.717) is 18.4 Å². The van der Waals surface area contributed by atoms with Crippen LogP contribution in [0, 0.1) is 0 Å². The van der Waals surface area contributed by atoms with Gasteiger partial charge in [0.1, 0.15) is 5.78 Å². The molecule has 0 saturated carbocycles. The molecule has 1 aromatic rings. The zero-order chi connectivity index (χ0) is 13.0. The van der Waals surface area contributed by atoms with Gasteiger partial charge in [0.15, 0.2) is 0 Å². The summed E-state index contributed by atoms with van der Waals surface area (Å²) in [4.78, 5) is 21.4. The highest BCUT2D eigenvalue weighted by Gasteiger charge is 2.17. The fourth-order valence-electron chi connectivity index (χ4n) is 2.17. The molecule has 1 aromatic heterocycles. The molecule has 5 heteroatoms. The van der Waals surface area contributed by atoms with Gasteiger partial charge in [-0.05, 0) is 31.2 Å². The van der Waals surface area contributed by atoms with E-state index >= 15 is 0 Å². The predicted octanol–water partition coefficient (Wildman–Crippen LogP) is 1.40. The summed E-state index contributed by atoms with van der Waals surface area (Å²) >= 11 is 0. The molecule has 1 aliphatic rings. The quantitative estimate of drug-likeness (QED) is 0.807. The molecule has 0 aromatic carbocycles. The van der Waals surface area contributed by atoms with Crippen LogP contribution in [0.1, 0.15) is 31.2 Å². The van der Waals surface area contributed by atoms with Crippen molar-refractivity contribution in [2.75, 3.05) is 31.7 Å². The molecule has 0 unspecified atom stereocenters. The highest BCUT2D eigenvalue weighted by Crippen LogP contribution is 2.26. The van der Waals surface area contributed by atoms with Crippen molar-refractivity contribution in [1.82, 2.24) is 9.97 Å². The smallest absolute Gasteiger partial charge is 0.225 e. The lowest BCUT2D eigenvalue weighted by Gasteiger charge is -2.22. The number of carbonyl (C=O) groups excluding carboxylic acids is 1. The van der Waals surface area contributed by atoms with E-state index in [1.54, 1.807) is 11.8 Å². The lowest BCUT2D eigenvalue weighted by atomic mass is 9.94. The Morgan fingerprint density at radius 2 is 2.00 bits per heavy atom. The molecule has 0 amide bonds. The summed E-state index contributed by atoms with van der Waals surface area (Å²) < 4.78 is 5.34. The molecular formula is C13H19N3O2. The number of likely N-dealkylation sites (N-methyl/N-ethyl adjacent to an activating group) is 1. The summed E-state index contributed by atoms with van der Waals surface area (Å²) in [6.07, 6.45) is 5.81. The van der Waals surface area contributed by atoms with E-state index in [0.717, 1.165) is 26.1 Å². The van der Waals surface area contributed by atoms with Gasteiger partial charge in [-0.1, -0.05) is 0 Å². The van der Waals surface area contributed by atoms with Crippen LogP contribution < -0.4 is 4.90 Å². The van der Waals surface area contributed by atoms with Crippen molar-refractivity contribution in [3.05, 3.63) is 18.0 Å². The minimum absolute atomic E-state index is 0.106. The molecule has 0 bridgehead atoms. The molecule has 1 fully saturated rings. The number of hydrogen-bond acceptors (Lipinski definition) is 5. The van der Waals surface area contributed by atoms with Crippen LogP contribution in [0.4, 0.5) is 5.95 Å². The Labute approximate surface area is 107 Å². The average Bonchev–Trinajstić information content (AvgIpc) is 2.39. The first-order valence-corrected chi connectivity index (χ1v) is 6.27. The zero-order valence-corrected chi connectivity index (χ0v) is 10.9. The molecule has 2 rings (SSSR count). The van der Waals surface area contributed by atoms with Gasteiger partial charge in [-0.3, -0.25) is 4.79 Å². The van der Waals surface area contributed by atoms with Crippen molar-refractivity contribution in [2.24, 2.45) is 0 Å². The number of anilines is 1. The number of nitrogens with zero attached hydrogens (tertiary/aromatic N) is 3. The first-order valence-electron chi connectivity index (χ1n) is 6.27. The van der Waals surface area contributed by atoms with Gasteiger partial charge < -0.3 is 9.64 Å². The van der Waals surface area contributed by atoms with Crippen molar-refractivity contribution in [2.45, 2.75) is 25.7 Å². The van der Waals surface area contributed by atoms with Gasteiger partial charge in [0.05, 0.1) is 6.54 Å². The van der Waals surface area contributed by atoms with Gasteiger partial charge >= 0.3 is 0 Å². The summed E-state index contributed by atoms with van der Waals surface area (Å²) in [6.45, 7) is 3.54. The fourth-order valence-corrected chi connectivity index (χ4v) is 2.17. The van der Waals surface area contributed by atoms with Gasteiger partial charge in [0.2, 0.25) is 5.95 Å². The van der Waals surface area contributed by atoms with Gasteiger partial charge in [-0.25, -0.2) is 9.97 Å². The number of Topliss-reactive ketones (excluding diaryl/α,β-unsaturated/α-hetero) is 1. The summed E-state index contributed by atoms with van der Waals surface area (Å²) in [7, 11) is 1.82. The van der Waals surface area contributed by atoms with Gasteiger partial charge in [-0.2, -0.15) is 0 Å². The largest absolute Gasteiger partial charge is 0.381 e. The number of rotatable bonds is 4. The highest BCUT2D eigenvalue weighted by molar-refractivity contribution is 5.80. The molecule has 0 radical (unpaired) electrons. The second kappa shape index (κ2) is 5.91. The maximum atomic E-state index is 11.0. The third-order valence-corrected chi connectivity index (χ3v) is 3.15. The third kappa shape index (κ3) is 3.26. The van der Waals surface area contributed by atoms with E-state index in [2.05, 4.69) is 9.97 Å². The minimum Gasteiger partial charge on any atom is -0.381 e. The minimum atomic E-state index is 0.106. The Morgan fingerprint density at radius 1 is 1.39 bits per heavy atom. The SMILES string of the molecule is CC(=O)CN(C)c1ncc(C2CCOCC2)cn1. The van der Waals surface area contributed by atoms with E-state index in [1.165, 1.54) is 5.56 Å². The Kier molecular flexibility index (Phi) is 4.25. The van der Waals surface area contributed by atoms with Crippen LogP contribution in [-0.4, -0.2) is 42.6 Å². The third-order valence-electron chi connectivity index (χ3n) is 3.15. The van der Waals surface area contributed by atoms with Crippen molar-refractivity contribution in [1.29, 1.82) is 0 Å². The van der Waals surface area contributed by atoms with Gasteiger partial charge in [-0.15, -0.1) is 0 Å². The molecule has 0 atom stereocenters. The Hall–Kier alpha value is -1.49. The summed E-state index contributed by atoms with van der Waals surface area (Å²) in [5.41, 5.74) is 1.17. The molecule has 0 spiro atoms. The number of ketones is 1. The normalized spacial score (nSPS) is 16.6. The zero-order valence-electron chi connectivity index (χ0n) is 10.9. The van der Waals surface area contributed by atoms with E-state index < -0.39 is 0 Å². The second-order valence-electron chi connectivity index (χ2n) is 4.76. The van der Waals surface area contributed by atoms with Crippen molar-refractivity contribution in [3.8, 4) is 0 Å². The van der Waals surface area contributed by atoms with Crippen molar-refractivity contribution < 1.29 is 9.53 Å². The predicted molar refractivity (Wildman–Crippen MR) is 68.8 cm³/mol. The number of hydrogen-bond donors (Lipinski definition) is 0. The Bertz CT molecular complexity index is 399. The molecule has 2 heterocycles. The standard InChI is InChI=1S/C13H19N3O2/c1-10(17)9-16(2)13-14-7-12(8-15-13)11-3-5-18-6-4-11/h7-8,11H,3-6,9H2,1-2H3. The molecule has 98 valence electrons. The van der Waals surface area contributed by atoms with E-state index in [4.69, 9.17) is 4.74 Å². The maximum Gasteiger partial charge on any atom is 0.225 e.